The molecule has 0 bridgehead atoms. The molecule has 123 heavy (non-hydrogen) atoms. The van der Waals surface area contributed by atoms with Gasteiger partial charge in [0.1, 0.15) is 0 Å². The highest BCUT2D eigenvalue weighted by Crippen LogP contribution is 2.58. The third kappa shape index (κ3) is 15.2. The Kier molecular flexibility index (Phi) is 25.8. The molecular formula is C111H126N4O8. The zero-order valence-electron chi connectivity index (χ0n) is 74.1. The Balaban J connectivity index is 0.722. The fourth-order valence-corrected chi connectivity index (χ4v) is 23.0. The zero-order chi connectivity index (χ0) is 85.2. The van der Waals surface area contributed by atoms with Gasteiger partial charge in [0, 0.05) is 83.6 Å². The van der Waals surface area contributed by atoms with Crippen molar-refractivity contribution in [3.8, 4) is 11.1 Å². The molecule has 638 valence electrons. The third-order valence-corrected chi connectivity index (χ3v) is 29.4. The Morgan fingerprint density at radius 2 is 0.407 bits per heavy atom. The summed E-state index contributed by atoms with van der Waals surface area (Å²) < 4.78 is 0. The highest BCUT2D eigenvalue weighted by Gasteiger charge is 2.47. The second kappa shape index (κ2) is 37.3. The lowest BCUT2D eigenvalue weighted by Gasteiger charge is -2.35. The van der Waals surface area contributed by atoms with Crippen LogP contribution >= 0.6 is 0 Å². The van der Waals surface area contributed by atoms with E-state index in [1.165, 1.54) is 99.7 Å². The minimum atomic E-state index is -0.642. The molecule has 0 saturated heterocycles. The number of rotatable bonds is 46. The first-order valence-electron chi connectivity index (χ1n) is 48.5. The van der Waals surface area contributed by atoms with Gasteiger partial charge in [-0.3, -0.25) is 48.2 Å². The summed E-state index contributed by atoms with van der Waals surface area (Å²) >= 11 is 0. The molecular weight excluding hydrogens is 1520 g/mol. The molecule has 0 spiro atoms. The lowest BCUT2D eigenvalue weighted by Crippen LogP contribution is -2.47. The van der Waals surface area contributed by atoms with Gasteiger partial charge < -0.3 is 0 Å². The maximum atomic E-state index is 16.0. The maximum absolute atomic E-state index is 16.0. The molecule has 17 rings (SSSR count). The summed E-state index contributed by atoms with van der Waals surface area (Å²) in [6.45, 7) is 13.3. The molecule has 12 aromatic rings. The molecule has 8 amide bonds. The van der Waals surface area contributed by atoms with Gasteiger partial charge in [-0.1, -0.05) is 333 Å². The van der Waals surface area contributed by atoms with Crippen LogP contribution in [0.1, 0.15) is 405 Å². The molecule has 12 aromatic carbocycles. The minimum absolute atomic E-state index is 0.186. The van der Waals surface area contributed by atoms with E-state index in [4.69, 9.17) is 0 Å². The van der Waals surface area contributed by atoms with Crippen LogP contribution < -0.4 is 9.80 Å². The van der Waals surface area contributed by atoms with E-state index in [2.05, 4.69) is 65.8 Å². The number of anilines is 2. The number of hydrogen-bond acceptors (Lipinski definition) is 8. The number of benzene rings is 12. The van der Waals surface area contributed by atoms with E-state index in [1.807, 2.05) is 109 Å². The standard InChI is InChI=1S/C111H126N4O8/c1-7-13-19-25-27-29-31-33-35-41-67-111(68-42-36-34-32-30-28-26-20-14-8-2)93-69-73(114-107(120)89-63-55-81-77-51-59-85-99-86(60-52-78(95(77)99)82-56-64-90(108(114)121)101(89)97(81)82)104(117)112(103(85)116)71(43-37-21-15-9-3)44-38-22-16-10-4)47-49-75(93)76-50-48-74(70-94(76)111)115-109(122)91-65-57-83-79-53-61-87-100-88(62-54-80(96(79)100)84-58-66-92(110(115)123)102(91)98(83)84)106(119)113(105(87)118)72(45-39-23-17-11-5)46-40-24-18-12-6/h47-66,69-72H,7-46,67-68H2,1-6H3. The zero-order valence-corrected chi connectivity index (χ0v) is 74.1. The number of hydrogen-bond donors (Lipinski definition) is 0. The van der Waals surface area contributed by atoms with Gasteiger partial charge in [0.2, 0.25) is 0 Å². The van der Waals surface area contributed by atoms with Crippen LogP contribution in [-0.2, 0) is 5.41 Å². The molecule has 0 radical (unpaired) electrons. The molecule has 5 aliphatic rings. The van der Waals surface area contributed by atoms with E-state index in [-0.39, 0.29) is 35.7 Å². The summed E-state index contributed by atoms with van der Waals surface area (Å²) in [4.78, 5) is 130. The fourth-order valence-electron chi connectivity index (χ4n) is 23.0. The van der Waals surface area contributed by atoms with Crippen LogP contribution in [0.4, 0.5) is 11.4 Å². The molecule has 0 aromatic heterocycles. The summed E-state index contributed by atoms with van der Waals surface area (Å²) in [6.07, 6.45) is 45.2. The van der Waals surface area contributed by atoms with Crippen molar-refractivity contribution in [3.05, 3.63) is 189 Å². The first-order chi connectivity index (χ1) is 60.2. The van der Waals surface area contributed by atoms with E-state index in [9.17, 15) is 0 Å². The van der Waals surface area contributed by atoms with Crippen LogP contribution in [0.25, 0.3) is 97.3 Å². The van der Waals surface area contributed by atoms with E-state index < -0.39 is 29.0 Å². The molecule has 0 N–H and O–H groups in total. The first kappa shape index (κ1) is 85.0. The molecule has 12 heteroatoms. The van der Waals surface area contributed by atoms with Crippen molar-refractivity contribution in [2.45, 2.75) is 329 Å². The van der Waals surface area contributed by atoms with Crippen molar-refractivity contribution in [3.63, 3.8) is 0 Å². The normalized spacial score (nSPS) is 14.9. The van der Waals surface area contributed by atoms with Crippen molar-refractivity contribution >= 4 is 145 Å². The molecule has 4 heterocycles. The topological polar surface area (TPSA) is 150 Å². The van der Waals surface area contributed by atoms with E-state index in [1.54, 1.807) is 9.80 Å². The molecule has 12 nitrogen and oxygen atoms in total. The summed E-state index contributed by atoms with van der Waals surface area (Å²) in [6, 6.07) is 43.2. The van der Waals surface area contributed by atoms with Crippen LogP contribution in [-0.4, -0.2) is 69.1 Å². The van der Waals surface area contributed by atoms with Gasteiger partial charge in [-0.2, -0.15) is 0 Å². The van der Waals surface area contributed by atoms with Crippen LogP contribution in [0.5, 0.6) is 0 Å². The van der Waals surface area contributed by atoms with E-state index in [0.717, 1.165) is 267 Å². The predicted octanol–water partition coefficient (Wildman–Crippen LogP) is 30.1. The van der Waals surface area contributed by atoms with Crippen molar-refractivity contribution in [2.24, 2.45) is 0 Å². The van der Waals surface area contributed by atoms with Gasteiger partial charge >= 0.3 is 0 Å². The number of amides is 8. The Morgan fingerprint density at radius 1 is 0.211 bits per heavy atom. The van der Waals surface area contributed by atoms with Gasteiger partial charge in [0.25, 0.3) is 47.3 Å². The average Bonchev–Trinajstić information content (AvgIpc) is 1.59. The van der Waals surface area contributed by atoms with Crippen LogP contribution in [0.15, 0.2) is 133 Å². The van der Waals surface area contributed by atoms with Crippen LogP contribution in [0.3, 0.4) is 0 Å². The number of carbonyl (C=O) groups excluding carboxylic acids is 8. The Hall–Kier alpha value is -10.2. The highest BCUT2D eigenvalue weighted by molar-refractivity contribution is 6.46. The number of fused-ring (bicyclic) bond motifs is 7. The molecule has 4 aliphatic heterocycles. The SMILES string of the molecule is CCCCCCCCCCCCC1(CCCCCCCCCCCC)c2cc(N3C(=O)c4ccc5c6ccc7c8c(ccc(c9ccc(c4c59)C3=O)c86)C(=O)N(C(CCCCCC)CCCCCC)C7=O)ccc2-c2ccc(N3C(=O)c4ccc5c6ccc7c8c(ccc(c9ccc(c4c59)C3=O)c86)C(=O)N(C(CCCCCC)CCCCCC)C7=O)cc21. The fraction of sp³-hybridized carbons (Fsp3) is 0.459. The monoisotopic (exact) mass is 1640 g/mol. The number of unbranched alkanes of at least 4 members (excludes halogenated alkanes) is 30. The molecule has 0 saturated carbocycles. The van der Waals surface area contributed by atoms with E-state index >= 15 is 38.4 Å². The number of nitrogens with zero attached hydrogens (tertiary/aromatic N) is 4. The maximum Gasteiger partial charge on any atom is 0.265 e. The summed E-state index contributed by atoms with van der Waals surface area (Å²) in [5.41, 5.74) is 8.31. The lowest BCUT2D eigenvalue weighted by molar-refractivity contribution is 0.0501. The van der Waals surface area contributed by atoms with E-state index in [0.29, 0.717) is 77.4 Å². The Bertz CT molecular complexity index is 5450. The largest absolute Gasteiger partial charge is 0.271 e. The van der Waals surface area contributed by atoms with Crippen molar-refractivity contribution in [1.29, 1.82) is 0 Å². The molecule has 0 atom stereocenters. The Morgan fingerprint density at radius 3 is 0.634 bits per heavy atom. The summed E-state index contributed by atoms with van der Waals surface area (Å²) in [5.74, 6) is -2.58. The van der Waals surface area contributed by atoms with Gasteiger partial charge in [0.05, 0.1) is 11.4 Å². The average molecular weight is 1640 g/mol. The van der Waals surface area contributed by atoms with Gasteiger partial charge in [-0.15, -0.1) is 0 Å². The van der Waals surface area contributed by atoms with Crippen LogP contribution in [0.2, 0.25) is 0 Å². The third-order valence-electron chi connectivity index (χ3n) is 29.4. The van der Waals surface area contributed by atoms with Crippen molar-refractivity contribution in [2.75, 3.05) is 9.80 Å². The first-order valence-corrected chi connectivity index (χ1v) is 48.5. The van der Waals surface area contributed by atoms with Gasteiger partial charge in [-0.25, -0.2) is 9.80 Å². The van der Waals surface area contributed by atoms with Crippen molar-refractivity contribution in [1.82, 2.24) is 9.80 Å². The summed E-state index contributed by atoms with van der Waals surface area (Å²) in [7, 11) is 0. The number of imide groups is 4. The summed E-state index contributed by atoms with van der Waals surface area (Å²) in [5, 5.41) is 12.7. The highest BCUT2D eigenvalue weighted by atomic mass is 16.2. The smallest absolute Gasteiger partial charge is 0.265 e. The lowest BCUT2D eigenvalue weighted by atomic mass is 9.70. The van der Waals surface area contributed by atoms with Crippen LogP contribution in [0, 0.1) is 0 Å². The quantitative estimate of drug-likeness (QED) is 0.0158. The van der Waals surface area contributed by atoms with Gasteiger partial charge in [0.15, 0.2) is 0 Å². The second-order valence-electron chi connectivity index (χ2n) is 37.2. The second-order valence-corrected chi connectivity index (χ2v) is 37.2. The minimum Gasteiger partial charge on any atom is -0.271 e. The molecule has 0 unspecified atom stereocenters. The van der Waals surface area contributed by atoms with Crippen molar-refractivity contribution < 1.29 is 38.4 Å². The molecule has 0 fully saturated rings. The predicted molar refractivity (Wildman–Crippen MR) is 507 cm³/mol. The molecule has 1 aliphatic carbocycles. The Labute approximate surface area is 727 Å². The number of carbonyl (C=O) groups is 8. The van der Waals surface area contributed by atoms with Gasteiger partial charge in [-0.05, 0) is 198 Å².